The Hall–Kier alpha value is -2.00. The number of halogens is 26. The summed E-state index contributed by atoms with van der Waals surface area (Å²) < 4.78 is 394. The van der Waals surface area contributed by atoms with Crippen LogP contribution in [-0.4, -0.2) is 113 Å². The summed E-state index contributed by atoms with van der Waals surface area (Å²) in [5.41, 5.74) is 0. The molecule has 0 N–H and O–H groups in total. The lowest BCUT2D eigenvalue weighted by Crippen LogP contribution is -2.70. The summed E-state index contributed by atoms with van der Waals surface area (Å²) in [6.07, 6.45) is -23.9. The lowest BCUT2D eigenvalue weighted by molar-refractivity contribution is -0.439. The van der Waals surface area contributed by atoms with Crippen molar-refractivity contribution in [3.8, 4) is 0 Å². The van der Waals surface area contributed by atoms with Crippen LogP contribution in [-0.2, 0) is 28.6 Å². The Morgan fingerprint density at radius 1 is 0.315 bits per heavy atom. The highest BCUT2D eigenvalue weighted by Crippen LogP contribution is 2.62. The smallest absolute Gasteiger partial charge is 0.270 e. The molecule has 0 amide bonds. The molecule has 0 spiro atoms. The molecule has 54 heavy (non-hydrogen) atoms. The maximum absolute atomic E-state index is 13.7. The molecule has 0 aromatic carbocycles. The zero-order valence-electron chi connectivity index (χ0n) is 24.7. The lowest BCUT2D eigenvalue weighted by Gasteiger charge is -2.39. The van der Waals surface area contributed by atoms with Gasteiger partial charge in [-0.25, -0.2) is 0 Å². The minimum atomic E-state index is -8.28. The maximum Gasteiger partial charge on any atom is 0.460 e. The van der Waals surface area contributed by atoms with E-state index in [4.69, 9.17) is 0 Å². The van der Waals surface area contributed by atoms with Gasteiger partial charge in [-0.1, -0.05) is 0 Å². The van der Waals surface area contributed by atoms with Crippen molar-refractivity contribution in [1.29, 1.82) is 0 Å². The van der Waals surface area contributed by atoms with Crippen molar-refractivity contribution in [2.75, 3.05) is 24.7 Å². The van der Waals surface area contributed by atoms with Gasteiger partial charge in [-0.3, -0.25) is 8.37 Å². The zero-order valence-corrected chi connectivity index (χ0v) is 26.4. The van der Waals surface area contributed by atoms with Crippen LogP contribution in [0.25, 0.3) is 0 Å². The molecule has 0 aliphatic heterocycles. The molecule has 0 aliphatic rings. The molecular formula is C20H16F26O6S2. The molecule has 0 radical (unpaired) electrons. The predicted octanol–water partition coefficient (Wildman–Crippen LogP) is 8.72. The van der Waals surface area contributed by atoms with Crippen LogP contribution in [0, 0.1) is 0 Å². The van der Waals surface area contributed by atoms with Crippen LogP contribution in [0.1, 0.15) is 25.7 Å². The Labute approximate surface area is 282 Å². The third-order valence-corrected chi connectivity index (χ3v) is 8.85. The Morgan fingerprint density at radius 3 is 0.722 bits per heavy atom. The van der Waals surface area contributed by atoms with Crippen LogP contribution >= 0.6 is 0 Å². The molecule has 326 valence electrons. The molecule has 0 fully saturated rings. The molecule has 0 bridgehead atoms. The monoisotopic (exact) mass is 910 g/mol. The highest BCUT2D eigenvalue weighted by Gasteiger charge is 2.92. The second kappa shape index (κ2) is 15.1. The van der Waals surface area contributed by atoms with E-state index < -0.39 is 142 Å². The first-order valence-electron chi connectivity index (χ1n) is 12.8. The van der Waals surface area contributed by atoms with E-state index in [0.717, 1.165) is 0 Å². The molecule has 0 aromatic rings. The Bertz CT molecular complexity index is 1390. The zero-order chi connectivity index (χ0) is 44.1. The molecule has 6 nitrogen and oxygen atoms in total. The standard InChI is InChI=1S/C20H16F26O6S2/c21-9(22,11(25,26)13(29,30)15(33,34)17(37,38)19(41,42)43)3-7-53(47,48)51-5-1-2-6-52-54(49,50)8-4-10(23,24)12(27,28)14(31,32)16(35,36)18(39,40)20(44,45)46/h1-8H2. The van der Waals surface area contributed by atoms with Gasteiger partial charge in [0, 0.05) is 12.8 Å². The first-order chi connectivity index (χ1) is 23.1. The molecule has 0 heterocycles. The first kappa shape index (κ1) is 52.0. The van der Waals surface area contributed by atoms with E-state index in [1.807, 2.05) is 0 Å². The molecule has 0 saturated heterocycles. The predicted molar refractivity (Wildman–Crippen MR) is 120 cm³/mol. The van der Waals surface area contributed by atoms with Crippen LogP contribution in [0.5, 0.6) is 0 Å². The van der Waals surface area contributed by atoms with E-state index in [1.165, 1.54) is 0 Å². The van der Waals surface area contributed by atoms with Crippen LogP contribution < -0.4 is 0 Å². The van der Waals surface area contributed by atoms with E-state index in [1.54, 1.807) is 0 Å². The van der Waals surface area contributed by atoms with Crippen LogP contribution in [0.2, 0.25) is 0 Å². The molecular weight excluding hydrogens is 894 g/mol. The number of hydrogen-bond acceptors (Lipinski definition) is 6. The number of alkyl halides is 26. The van der Waals surface area contributed by atoms with E-state index in [9.17, 15) is 131 Å². The van der Waals surface area contributed by atoms with E-state index in [2.05, 4.69) is 8.37 Å². The van der Waals surface area contributed by atoms with Gasteiger partial charge in [0.2, 0.25) is 0 Å². The fourth-order valence-corrected chi connectivity index (χ4v) is 5.11. The lowest BCUT2D eigenvalue weighted by atomic mass is 9.93. The van der Waals surface area contributed by atoms with Crippen LogP contribution in [0.3, 0.4) is 0 Å². The summed E-state index contributed by atoms with van der Waals surface area (Å²) in [7, 11) is -11.4. The number of unbranched alkanes of at least 4 members (excludes halogenated alkanes) is 1. The summed E-state index contributed by atoms with van der Waals surface area (Å²) >= 11 is 0. The van der Waals surface area contributed by atoms with Gasteiger partial charge in [-0.2, -0.15) is 131 Å². The van der Waals surface area contributed by atoms with Crippen molar-refractivity contribution in [1.82, 2.24) is 0 Å². The summed E-state index contributed by atoms with van der Waals surface area (Å²) in [6, 6.07) is 0. The van der Waals surface area contributed by atoms with Gasteiger partial charge >= 0.3 is 71.6 Å². The highest BCUT2D eigenvalue weighted by molar-refractivity contribution is 7.86. The number of hydrogen-bond donors (Lipinski definition) is 0. The van der Waals surface area contributed by atoms with E-state index in [-0.39, 0.29) is 0 Å². The average molecular weight is 910 g/mol. The summed E-state index contributed by atoms with van der Waals surface area (Å²) in [5, 5.41) is 0. The topological polar surface area (TPSA) is 86.7 Å². The molecule has 0 aliphatic carbocycles. The third-order valence-electron chi connectivity index (χ3n) is 6.39. The number of rotatable bonds is 21. The summed E-state index contributed by atoms with van der Waals surface area (Å²) in [4.78, 5) is 0. The van der Waals surface area contributed by atoms with Crippen molar-refractivity contribution in [3.05, 3.63) is 0 Å². The van der Waals surface area contributed by atoms with Crippen molar-refractivity contribution in [2.24, 2.45) is 0 Å². The Morgan fingerprint density at radius 2 is 0.519 bits per heavy atom. The molecule has 34 heteroatoms. The van der Waals surface area contributed by atoms with Gasteiger partial charge in [0.15, 0.2) is 0 Å². The van der Waals surface area contributed by atoms with Gasteiger partial charge < -0.3 is 0 Å². The van der Waals surface area contributed by atoms with Crippen molar-refractivity contribution < 1.29 is 139 Å². The largest absolute Gasteiger partial charge is 0.460 e. The molecule has 0 saturated carbocycles. The van der Waals surface area contributed by atoms with Gasteiger partial charge in [0.1, 0.15) is 0 Å². The normalized spacial score (nSPS) is 16.3. The van der Waals surface area contributed by atoms with Crippen LogP contribution in [0.4, 0.5) is 114 Å². The average Bonchev–Trinajstić information content (AvgIpc) is 2.95. The second-order valence-corrected chi connectivity index (χ2v) is 13.9. The van der Waals surface area contributed by atoms with Gasteiger partial charge in [-0.05, 0) is 12.8 Å². The minimum absolute atomic E-state index is 0.971. The Balaban J connectivity index is 5.38. The highest BCUT2D eigenvalue weighted by atomic mass is 32.2. The maximum atomic E-state index is 13.7. The van der Waals surface area contributed by atoms with Crippen molar-refractivity contribution >= 4 is 20.2 Å². The minimum Gasteiger partial charge on any atom is -0.270 e. The quantitative estimate of drug-likeness (QED) is 0.0651. The van der Waals surface area contributed by atoms with E-state index in [0.29, 0.717) is 0 Å². The van der Waals surface area contributed by atoms with Gasteiger partial charge in [0.25, 0.3) is 20.2 Å². The molecule has 0 unspecified atom stereocenters. The molecule has 0 aromatic heterocycles. The van der Waals surface area contributed by atoms with Gasteiger partial charge in [0.05, 0.1) is 24.7 Å². The summed E-state index contributed by atoms with van der Waals surface area (Å²) in [6.45, 7) is -2.87. The summed E-state index contributed by atoms with van der Waals surface area (Å²) in [5.74, 6) is -83.7. The first-order valence-corrected chi connectivity index (χ1v) is 15.9. The fourth-order valence-electron chi connectivity index (χ4n) is 3.12. The van der Waals surface area contributed by atoms with Crippen molar-refractivity contribution in [3.63, 3.8) is 0 Å². The van der Waals surface area contributed by atoms with Crippen LogP contribution in [0.15, 0.2) is 0 Å². The van der Waals surface area contributed by atoms with Gasteiger partial charge in [-0.15, -0.1) is 0 Å². The Kier molecular flexibility index (Phi) is 14.5. The third kappa shape index (κ3) is 9.40. The molecule has 0 rings (SSSR count). The van der Waals surface area contributed by atoms with E-state index >= 15 is 0 Å². The SMILES string of the molecule is O=S(=O)(CCC(F)(F)C(F)(F)C(F)(F)C(F)(F)C(F)(F)C(F)(F)F)OCCCCOS(=O)(=O)CCC(F)(F)C(F)(F)C(F)(F)C(F)(F)C(F)(F)C(F)(F)F. The second-order valence-electron chi connectivity index (χ2n) is 10.4. The fraction of sp³-hybridized carbons (Fsp3) is 1.00. The molecule has 0 atom stereocenters. The van der Waals surface area contributed by atoms with Crippen molar-refractivity contribution in [2.45, 2.75) is 97.3 Å².